The van der Waals surface area contributed by atoms with E-state index in [0.717, 1.165) is 19.6 Å². The normalized spacial score (nSPS) is 19.8. The van der Waals surface area contributed by atoms with Crippen molar-refractivity contribution in [2.45, 2.75) is 6.04 Å². The minimum Gasteiger partial charge on any atom is -0.346 e. The van der Waals surface area contributed by atoms with Gasteiger partial charge in [0.25, 0.3) is 0 Å². The second-order valence-electron chi connectivity index (χ2n) is 5.19. The molecule has 1 aliphatic rings. The van der Waals surface area contributed by atoms with Crippen LogP contribution in [0.15, 0.2) is 36.5 Å². The first-order chi connectivity index (χ1) is 10.1. The number of hydrogen-bond acceptors (Lipinski definition) is 4. The van der Waals surface area contributed by atoms with Crippen molar-refractivity contribution in [2.75, 3.05) is 31.6 Å². The molecule has 1 aliphatic heterocycles. The van der Waals surface area contributed by atoms with Crippen molar-refractivity contribution in [3.8, 4) is 0 Å². The van der Waals surface area contributed by atoms with E-state index in [1.165, 1.54) is 5.56 Å². The number of piperazine rings is 1. The van der Waals surface area contributed by atoms with Gasteiger partial charge in [0.15, 0.2) is 5.82 Å². The fourth-order valence-corrected chi connectivity index (χ4v) is 3.00. The van der Waals surface area contributed by atoms with Crippen molar-refractivity contribution in [3.63, 3.8) is 0 Å². The van der Waals surface area contributed by atoms with Gasteiger partial charge < -0.3 is 9.80 Å². The molecule has 21 heavy (non-hydrogen) atoms. The first-order valence-electron chi connectivity index (χ1n) is 6.83. The molecule has 1 fully saturated rings. The van der Waals surface area contributed by atoms with Crippen LogP contribution in [-0.2, 0) is 0 Å². The average Bonchev–Trinajstić information content (AvgIpc) is 2.51. The largest absolute Gasteiger partial charge is 0.346 e. The van der Waals surface area contributed by atoms with E-state index in [9.17, 15) is 0 Å². The first kappa shape index (κ1) is 14.6. The van der Waals surface area contributed by atoms with E-state index >= 15 is 0 Å². The summed E-state index contributed by atoms with van der Waals surface area (Å²) in [6.07, 6.45) is 1.56. The molecule has 1 atom stereocenters. The van der Waals surface area contributed by atoms with Gasteiger partial charge in [-0.1, -0.05) is 41.9 Å². The summed E-state index contributed by atoms with van der Waals surface area (Å²) >= 11 is 12.2. The molecule has 2 aromatic rings. The lowest BCUT2D eigenvalue weighted by molar-refractivity contribution is 0.268. The molecule has 1 aromatic carbocycles. The maximum Gasteiger partial charge on any atom is 0.224 e. The van der Waals surface area contributed by atoms with Gasteiger partial charge in [0.2, 0.25) is 5.28 Å². The van der Waals surface area contributed by atoms with Gasteiger partial charge in [-0.25, -0.2) is 4.98 Å². The molecule has 0 amide bonds. The molecule has 0 aliphatic carbocycles. The highest BCUT2D eigenvalue weighted by Crippen LogP contribution is 2.33. The Kier molecular flexibility index (Phi) is 4.29. The van der Waals surface area contributed by atoms with Crippen molar-refractivity contribution in [3.05, 3.63) is 52.4 Å². The third-order valence-corrected chi connectivity index (χ3v) is 4.18. The molecule has 1 saturated heterocycles. The molecule has 0 spiro atoms. The van der Waals surface area contributed by atoms with Crippen LogP contribution in [0.3, 0.4) is 0 Å². The molecule has 0 bridgehead atoms. The highest BCUT2D eigenvalue weighted by Gasteiger charge is 2.29. The third kappa shape index (κ3) is 3.12. The molecular weight excluding hydrogens is 307 g/mol. The lowest BCUT2D eigenvalue weighted by Crippen LogP contribution is -2.47. The minimum absolute atomic E-state index is 0.202. The van der Waals surface area contributed by atoms with Crippen molar-refractivity contribution in [1.29, 1.82) is 0 Å². The maximum atomic E-state index is 6.28. The van der Waals surface area contributed by atoms with Gasteiger partial charge in [-0.3, -0.25) is 0 Å². The Morgan fingerprint density at radius 3 is 2.67 bits per heavy atom. The predicted molar refractivity (Wildman–Crippen MR) is 86.1 cm³/mol. The Balaban J connectivity index is 2.00. The fraction of sp³-hybridized carbons (Fsp3) is 0.333. The van der Waals surface area contributed by atoms with E-state index < -0.39 is 0 Å². The van der Waals surface area contributed by atoms with Gasteiger partial charge in [0.1, 0.15) is 5.02 Å². The van der Waals surface area contributed by atoms with Crippen LogP contribution in [0, 0.1) is 0 Å². The zero-order valence-electron chi connectivity index (χ0n) is 11.7. The number of likely N-dealkylation sites (N-methyl/N-ethyl adjacent to an activating group) is 1. The summed E-state index contributed by atoms with van der Waals surface area (Å²) in [6, 6.07) is 10.6. The lowest BCUT2D eigenvalue weighted by Gasteiger charge is -2.41. The lowest BCUT2D eigenvalue weighted by atomic mass is 10.0. The summed E-state index contributed by atoms with van der Waals surface area (Å²) in [5, 5.41) is 0.755. The number of rotatable bonds is 2. The highest BCUT2D eigenvalue weighted by atomic mass is 35.5. The van der Waals surface area contributed by atoms with Crippen LogP contribution >= 0.6 is 23.2 Å². The zero-order valence-corrected chi connectivity index (χ0v) is 13.2. The Hall–Kier alpha value is -1.36. The molecule has 0 saturated carbocycles. The number of benzene rings is 1. The summed E-state index contributed by atoms with van der Waals surface area (Å²) in [6.45, 7) is 2.73. The first-order valence-corrected chi connectivity index (χ1v) is 7.59. The standard InChI is InChI=1S/C15H16Cl2N4/c1-20-7-8-21(14-12(16)9-18-15(17)19-14)13(10-20)11-5-3-2-4-6-11/h2-6,9,13H,7-8,10H2,1H3. The van der Waals surface area contributed by atoms with Crippen LogP contribution in [0.25, 0.3) is 0 Å². The molecule has 0 N–H and O–H groups in total. The van der Waals surface area contributed by atoms with Gasteiger partial charge in [0, 0.05) is 19.6 Å². The van der Waals surface area contributed by atoms with Gasteiger partial charge in [-0.2, -0.15) is 4.98 Å². The Morgan fingerprint density at radius 1 is 1.14 bits per heavy atom. The minimum atomic E-state index is 0.202. The molecule has 1 aromatic heterocycles. The number of halogens is 2. The molecule has 1 unspecified atom stereocenters. The van der Waals surface area contributed by atoms with Crippen molar-refractivity contribution >= 4 is 29.0 Å². The topological polar surface area (TPSA) is 32.3 Å². The van der Waals surface area contributed by atoms with Crippen molar-refractivity contribution in [2.24, 2.45) is 0 Å². The highest BCUT2D eigenvalue weighted by molar-refractivity contribution is 6.33. The van der Waals surface area contributed by atoms with Crippen LogP contribution in [0.4, 0.5) is 5.82 Å². The summed E-state index contributed by atoms with van der Waals surface area (Å²) in [5.74, 6) is 0.707. The summed E-state index contributed by atoms with van der Waals surface area (Å²) in [4.78, 5) is 12.8. The van der Waals surface area contributed by atoms with Gasteiger partial charge >= 0.3 is 0 Å². The monoisotopic (exact) mass is 322 g/mol. The molecule has 0 radical (unpaired) electrons. The number of anilines is 1. The quantitative estimate of drug-likeness (QED) is 0.794. The van der Waals surface area contributed by atoms with E-state index in [-0.39, 0.29) is 11.3 Å². The molecule has 3 rings (SSSR count). The molecule has 2 heterocycles. The zero-order chi connectivity index (χ0) is 14.8. The maximum absolute atomic E-state index is 6.28. The molecule has 6 heteroatoms. The van der Waals surface area contributed by atoms with Crippen molar-refractivity contribution in [1.82, 2.24) is 14.9 Å². The van der Waals surface area contributed by atoms with Crippen LogP contribution in [0.5, 0.6) is 0 Å². The second-order valence-corrected chi connectivity index (χ2v) is 5.94. The van der Waals surface area contributed by atoms with Crippen LogP contribution in [-0.4, -0.2) is 41.5 Å². The number of hydrogen-bond donors (Lipinski definition) is 0. The third-order valence-electron chi connectivity index (χ3n) is 3.74. The number of aromatic nitrogens is 2. The van der Waals surface area contributed by atoms with Gasteiger partial charge in [0.05, 0.1) is 12.2 Å². The van der Waals surface area contributed by atoms with Crippen LogP contribution in [0.1, 0.15) is 11.6 Å². The Morgan fingerprint density at radius 2 is 1.90 bits per heavy atom. The number of nitrogens with zero attached hydrogens (tertiary/aromatic N) is 4. The van der Waals surface area contributed by atoms with Gasteiger partial charge in [-0.05, 0) is 24.2 Å². The van der Waals surface area contributed by atoms with Gasteiger partial charge in [-0.15, -0.1) is 0 Å². The summed E-state index contributed by atoms with van der Waals surface area (Å²) in [5.41, 5.74) is 1.25. The fourth-order valence-electron chi connectivity index (χ4n) is 2.67. The smallest absolute Gasteiger partial charge is 0.224 e. The van der Waals surface area contributed by atoms with Crippen molar-refractivity contribution < 1.29 is 0 Å². The summed E-state index contributed by atoms with van der Waals surface area (Å²) < 4.78 is 0. The van der Waals surface area contributed by atoms with E-state index in [1.54, 1.807) is 6.20 Å². The SMILES string of the molecule is CN1CCN(c2nc(Cl)ncc2Cl)C(c2ccccc2)C1. The average molecular weight is 323 g/mol. The second kappa shape index (κ2) is 6.18. The van der Waals surface area contributed by atoms with Crippen LogP contribution < -0.4 is 4.90 Å². The molecular formula is C15H16Cl2N4. The Bertz CT molecular complexity index is 620. The van der Waals surface area contributed by atoms with E-state index in [0.29, 0.717) is 10.8 Å². The molecule has 4 nitrogen and oxygen atoms in total. The summed E-state index contributed by atoms with van der Waals surface area (Å²) in [7, 11) is 2.13. The Labute approximate surface area is 134 Å². The predicted octanol–water partition coefficient (Wildman–Crippen LogP) is 3.28. The van der Waals surface area contributed by atoms with E-state index in [2.05, 4.69) is 51.1 Å². The van der Waals surface area contributed by atoms with Crippen LogP contribution in [0.2, 0.25) is 10.3 Å². The molecule has 110 valence electrons. The van der Waals surface area contributed by atoms with E-state index in [1.807, 2.05) is 6.07 Å². The van der Waals surface area contributed by atoms with E-state index in [4.69, 9.17) is 23.2 Å².